The second kappa shape index (κ2) is 5.68. The Kier molecular flexibility index (Phi) is 4.41. The summed E-state index contributed by atoms with van der Waals surface area (Å²) in [5.41, 5.74) is 6.86. The average molecular weight is 268 g/mol. The number of hydrogen-bond donors (Lipinski definition) is 2. The summed E-state index contributed by atoms with van der Waals surface area (Å²) >= 11 is 1.56. The molecule has 1 fully saturated rings. The molecule has 3 nitrogen and oxygen atoms in total. The molecule has 0 aromatic carbocycles. The molecular formula is C14H24N2OS. The van der Waals surface area contributed by atoms with Gasteiger partial charge in [-0.2, -0.15) is 0 Å². The van der Waals surface area contributed by atoms with Crippen molar-refractivity contribution in [2.75, 3.05) is 6.54 Å². The first kappa shape index (κ1) is 14.0. The molecule has 1 aromatic heterocycles. The van der Waals surface area contributed by atoms with Crippen LogP contribution >= 0.6 is 11.3 Å². The van der Waals surface area contributed by atoms with Crippen LogP contribution in [0.5, 0.6) is 0 Å². The predicted molar refractivity (Wildman–Crippen MR) is 75.5 cm³/mol. The molecule has 1 aromatic rings. The number of aromatic nitrogens is 1. The summed E-state index contributed by atoms with van der Waals surface area (Å²) in [6, 6.07) is 0. The number of nitrogens with two attached hydrogens (primary N) is 1. The zero-order valence-electron chi connectivity index (χ0n) is 11.4. The Labute approximate surface area is 113 Å². The first-order chi connectivity index (χ1) is 8.61. The van der Waals surface area contributed by atoms with E-state index < -0.39 is 6.10 Å². The van der Waals surface area contributed by atoms with Crippen LogP contribution in [0.25, 0.3) is 0 Å². The third-order valence-corrected chi connectivity index (χ3v) is 5.43. The predicted octanol–water partition coefficient (Wildman–Crippen LogP) is 3.03. The number of aliphatic hydroxyl groups is 1. The molecule has 18 heavy (non-hydrogen) atoms. The lowest BCUT2D eigenvalue weighted by molar-refractivity contribution is -0.0163. The highest BCUT2D eigenvalue weighted by atomic mass is 32.1. The number of hydrogen-bond acceptors (Lipinski definition) is 4. The summed E-state index contributed by atoms with van der Waals surface area (Å²) in [5, 5.41) is 13.5. The Bertz CT molecular complexity index is 393. The first-order valence-corrected chi connectivity index (χ1v) is 7.79. The summed E-state index contributed by atoms with van der Waals surface area (Å²) in [5.74, 6) is 0.706. The maximum Gasteiger partial charge on any atom is 0.122 e. The van der Waals surface area contributed by atoms with Crippen LogP contribution in [0.15, 0.2) is 5.38 Å². The Balaban J connectivity index is 2.20. The van der Waals surface area contributed by atoms with Gasteiger partial charge in [-0.3, -0.25) is 0 Å². The van der Waals surface area contributed by atoms with Gasteiger partial charge in [-0.25, -0.2) is 4.98 Å². The second-order valence-corrected chi connectivity index (χ2v) is 6.56. The minimum Gasteiger partial charge on any atom is -0.385 e. The fourth-order valence-electron chi connectivity index (χ4n) is 3.18. The minimum atomic E-state index is -0.490. The molecule has 0 saturated heterocycles. The SMILES string of the molecule is CCC1CCCC(CN)(C(O)c2nc(C)cs2)C1. The van der Waals surface area contributed by atoms with E-state index in [0.717, 1.165) is 23.5 Å². The molecule has 0 amide bonds. The van der Waals surface area contributed by atoms with Crippen molar-refractivity contribution in [1.29, 1.82) is 0 Å². The number of aryl methyl sites for hydroxylation is 1. The summed E-state index contributed by atoms with van der Waals surface area (Å²) < 4.78 is 0. The van der Waals surface area contributed by atoms with Gasteiger partial charge in [-0.1, -0.05) is 26.2 Å². The van der Waals surface area contributed by atoms with Crippen molar-refractivity contribution >= 4 is 11.3 Å². The fraction of sp³-hybridized carbons (Fsp3) is 0.786. The van der Waals surface area contributed by atoms with Gasteiger partial charge < -0.3 is 10.8 Å². The second-order valence-electron chi connectivity index (χ2n) is 5.67. The maximum absolute atomic E-state index is 10.7. The number of rotatable bonds is 4. The molecule has 0 bridgehead atoms. The summed E-state index contributed by atoms with van der Waals surface area (Å²) in [4.78, 5) is 4.44. The van der Waals surface area contributed by atoms with E-state index in [4.69, 9.17) is 5.73 Å². The fourth-order valence-corrected chi connectivity index (χ4v) is 4.09. The molecule has 2 rings (SSSR count). The van der Waals surface area contributed by atoms with Crippen LogP contribution in [0, 0.1) is 18.3 Å². The largest absolute Gasteiger partial charge is 0.385 e. The molecule has 1 saturated carbocycles. The topological polar surface area (TPSA) is 59.1 Å². The van der Waals surface area contributed by atoms with Crippen molar-refractivity contribution in [2.45, 2.75) is 52.1 Å². The van der Waals surface area contributed by atoms with Gasteiger partial charge in [0, 0.05) is 23.0 Å². The van der Waals surface area contributed by atoms with Crippen molar-refractivity contribution < 1.29 is 5.11 Å². The molecule has 0 spiro atoms. The molecule has 0 aliphatic heterocycles. The van der Waals surface area contributed by atoms with E-state index in [0.29, 0.717) is 12.5 Å². The number of nitrogens with zero attached hydrogens (tertiary/aromatic N) is 1. The van der Waals surface area contributed by atoms with Gasteiger partial charge >= 0.3 is 0 Å². The third kappa shape index (κ3) is 2.60. The van der Waals surface area contributed by atoms with Crippen molar-refractivity contribution in [3.8, 4) is 0 Å². The monoisotopic (exact) mass is 268 g/mol. The van der Waals surface area contributed by atoms with E-state index >= 15 is 0 Å². The molecular weight excluding hydrogens is 244 g/mol. The van der Waals surface area contributed by atoms with Gasteiger partial charge in [0.1, 0.15) is 11.1 Å². The standard InChI is InChI=1S/C14H24N2OS/c1-3-11-5-4-6-14(7-11,9-15)12(17)13-16-10(2)8-18-13/h8,11-12,17H,3-7,9,15H2,1-2H3. The zero-order valence-corrected chi connectivity index (χ0v) is 12.2. The highest BCUT2D eigenvalue weighted by Gasteiger charge is 2.42. The van der Waals surface area contributed by atoms with Gasteiger partial charge in [0.05, 0.1) is 0 Å². The van der Waals surface area contributed by atoms with E-state index in [-0.39, 0.29) is 5.41 Å². The molecule has 102 valence electrons. The molecule has 1 aliphatic carbocycles. The molecule has 3 N–H and O–H groups in total. The summed E-state index contributed by atoms with van der Waals surface area (Å²) in [6.07, 6.45) is 5.22. The Hall–Kier alpha value is -0.450. The van der Waals surface area contributed by atoms with Gasteiger partial charge in [0.2, 0.25) is 0 Å². The lowest BCUT2D eigenvalue weighted by atomic mass is 9.66. The van der Waals surface area contributed by atoms with Crippen LogP contribution in [0.4, 0.5) is 0 Å². The van der Waals surface area contributed by atoms with Crippen molar-refractivity contribution in [3.05, 3.63) is 16.1 Å². The lowest BCUT2D eigenvalue weighted by Crippen LogP contribution is -2.41. The van der Waals surface area contributed by atoms with Crippen LogP contribution < -0.4 is 5.73 Å². The lowest BCUT2D eigenvalue weighted by Gasteiger charge is -2.42. The summed E-state index contributed by atoms with van der Waals surface area (Å²) in [6.45, 7) is 4.76. The Morgan fingerprint density at radius 3 is 3.00 bits per heavy atom. The van der Waals surface area contributed by atoms with Crippen molar-refractivity contribution in [3.63, 3.8) is 0 Å². The average Bonchev–Trinajstić information content (AvgIpc) is 2.84. The van der Waals surface area contributed by atoms with Crippen LogP contribution in [0.1, 0.15) is 55.8 Å². The zero-order chi connectivity index (χ0) is 13.2. The van der Waals surface area contributed by atoms with E-state index in [1.807, 2.05) is 12.3 Å². The number of thiazole rings is 1. The third-order valence-electron chi connectivity index (χ3n) is 4.42. The molecule has 3 atom stereocenters. The number of aliphatic hydroxyl groups excluding tert-OH is 1. The van der Waals surface area contributed by atoms with E-state index in [2.05, 4.69) is 11.9 Å². The van der Waals surface area contributed by atoms with Crippen LogP contribution in [-0.2, 0) is 0 Å². The van der Waals surface area contributed by atoms with E-state index in [1.54, 1.807) is 11.3 Å². The molecule has 3 unspecified atom stereocenters. The molecule has 0 radical (unpaired) electrons. The quantitative estimate of drug-likeness (QED) is 0.882. The smallest absolute Gasteiger partial charge is 0.122 e. The molecule has 1 heterocycles. The molecule has 4 heteroatoms. The van der Waals surface area contributed by atoms with Crippen LogP contribution in [-0.4, -0.2) is 16.6 Å². The van der Waals surface area contributed by atoms with E-state index in [9.17, 15) is 5.11 Å². The maximum atomic E-state index is 10.7. The highest BCUT2D eigenvalue weighted by molar-refractivity contribution is 7.09. The normalized spacial score (nSPS) is 30.3. The summed E-state index contributed by atoms with van der Waals surface area (Å²) in [7, 11) is 0. The van der Waals surface area contributed by atoms with Crippen molar-refractivity contribution in [2.24, 2.45) is 17.1 Å². The van der Waals surface area contributed by atoms with Crippen LogP contribution in [0.2, 0.25) is 0 Å². The Morgan fingerprint density at radius 1 is 1.67 bits per heavy atom. The molecule has 1 aliphatic rings. The Morgan fingerprint density at radius 2 is 2.44 bits per heavy atom. The van der Waals surface area contributed by atoms with Gasteiger partial charge in [0.15, 0.2) is 0 Å². The van der Waals surface area contributed by atoms with Crippen molar-refractivity contribution in [1.82, 2.24) is 4.98 Å². The van der Waals surface area contributed by atoms with Crippen LogP contribution in [0.3, 0.4) is 0 Å². The van der Waals surface area contributed by atoms with E-state index in [1.165, 1.54) is 19.3 Å². The first-order valence-electron chi connectivity index (χ1n) is 6.91. The van der Waals surface area contributed by atoms with Gasteiger partial charge in [0.25, 0.3) is 0 Å². The minimum absolute atomic E-state index is 0.150. The highest BCUT2D eigenvalue weighted by Crippen LogP contribution is 2.48. The van der Waals surface area contributed by atoms with Gasteiger partial charge in [-0.15, -0.1) is 11.3 Å². The van der Waals surface area contributed by atoms with Gasteiger partial charge in [-0.05, 0) is 25.7 Å².